The van der Waals surface area contributed by atoms with Crippen molar-refractivity contribution in [3.8, 4) is 0 Å². The zero-order valence-electron chi connectivity index (χ0n) is 20.4. The highest BCUT2D eigenvalue weighted by atomic mass is 32.2. The van der Waals surface area contributed by atoms with E-state index in [9.17, 15) is 18.0 Å². The molecule has 9 heteroatoms. The quantitative estimate of drug-likeness (QED) is 0.564. The number of benzene rings is 2. The number of morpholine rings is 1. The Morgan fingerprint density at radius 3 is 2.43 bits per heavy atom. The number of nitrogens with zero attached hydrogens (tertiary/aromatic N) is 2. The number of ether oxygens (including phenoxy) is 1. The molecule has 2 heterocycles. The lowest BCUT2D eigenvalue weighted by molar-refractivity contribution is -0.143. The third-order valence-corrected chi connectivity index (χ3v) is 8.00. The number of hydrogen-bond acceptors (Lipinski definition) is 5. The number of rotatable bonds is 6. The van der Waals surface area contributed by atoms with Gasteiger partial charge in [0.2, 0.25) is 11.8 Å². The zero-order chi connectivity index (χ0) is 25.3. The number of hydrogen-bond donors (Lipinski definition) is 1. The molecular weight excluding hydrogens is 466 g/mol. The molecule has 0 bridgehead atoms. The summed E-state index contributed by atoms with van der Waals surface area (Å²) in [6.07, 6.45) is 1.35. The van der Waals surface area contributed by atoms with E-state index in [4.69, 9.17) is 4.74 Å². The minimum absolute atomic E-state index is 0.00412. The summed E-state index contributed by atoms with van der Waals surface area (Å²) < 4.78 is 34.0. The van der Waals surface area contributed by atoms with Crippen molar-refractivity contribution in [2.75, 3.05) is 24.2 Å². The van der Waals surface area contributed by atoms with Crippen LogP contribution in [-0.2, 0) is 30.7 Å². The molecule has 0 saturated carbocycles. The Morgan fingerprint density at radius 1 is 1.03 bits per heavy atom. The molecule has 2 atom stereocenters. The van der Waals surface area contributed by atoms with Crippen molar-refractivity contribution in [2.45, 2.75) is 51.3 Å². The van der Waals surface area contributed by atoms with Gasteiger partial charge in [0.25, 0.3) is 0 Å². The van der Waals surface area contributed by atoms with Crippen molar-refractivity contribution in [2.24, 2.45) is 0 Å². The van der Waals surface area contributed by atoms with Gasteiger partial charge in [0.1, 0.15) is 12.3 Å². The van der Waals surface area contributed by atoms with E-state index in [-0.39, 0.29) is 29.6 Å². The molecular formula is C26H31N3O5S. The molecule has 1 N–H and O–H groups in total. The van der Waals surface area contributed by atoms with E-state index in [1.807, 2.05) is 39.8 Å². The predicted molar refractivity (Wildman–Crippen MR) is 135 cm³/mol. The summed E-state index contributed by atoms with van der Waals surface area (Å²) >= 11 is 0. The Hall–Kier alpha value is -3.17. The standard InChI is InChI=1S/C26H31N3O5S/c1-17-8-7-10-22(20(17)4)27-25(30)16-35(32,33)24-14-28(23-11-6-5-9-21(23)24)15-26(31)29-12-18(2)34-19(3)13-29/h5-11,14,18-19H,12-13,15-16H2,1-4H3,(H,27,30). The van der Waals surface area contributed by atoms with Crippen molar-refractivity contribution < 1.29 is 22.7 Å². The van der Waals surface area contributed by atoms with Gasteiger partial charge in [-0.15, -0.1) is 0 Å². The van der Waals surface area contributed by atoms with Crippen LogP contribution in [0.25, 0.3) is 10.9 Å². The van der Waals surface area contributed by atoms with Gasteiger partial charge in [-0.05, 0) is 51.0 Å². The average molecular weight is 498 g/mol. The van der Waals surface area contributed by atoms with E-state index >= 15 is 0 Å². The van der Waals surface area contributed by atoms with Gasteiger partial charge >= 0.3 is 0 Å². The Kier molecular flexibility index (Phi) is 7.00. The molecule has 186 valence electrons. The second kappa shape index (κ2) is 9.83. The largest absolute Gasteiger partial charge is 0.372 e. The first-order chi connectivity index (χ1) is 16.5. The Balaban J connectivity index is 1.58. The van der Waals surface area contributed by atoms with E-state index in [0.717, 1.165) is 11.1 Å². The maximum absolute atomic E-state index is 13.3. The summed E-state index contributed by atoms with van der Waals surface area (Å²) in [5.74, 6) is -1.41. The predicted octanol–water partition coefficient (Wildman–Crippen LogP) is 3.31. The van der Waals surface area contributed by atoms with Crippen LogP contribution in [0.4, 0.5) is 5.69 Å². The van der Waals surface area contributed by atoms with Gasteiger partial charge < -0.3 is 19.5 Å². The summed E-state index contributed by atoms with van der Waals surface area (Å²) in [5.41, 5.74) is 3.11. The molecule has 2 amide bonds. The summed E-state index contributed by atoms with van der Waals surface area (Å²) in [4.78, 5) is 27.5. The number of carbonyl (C=O) groups is 2. The lowest BCUT2D eigenvalue weighted by Gasteiger charge is -2.35. The monoisotopic (exact) mass is 497 g/mol. The van der Waals surface area contributed by atoms with Crippen molar-refractivity contribution in [1.82, 2.24) is 9.47 Å². The molecule has 2 aromatic carbocycles. The first-order valence-electron chi connectivity index (χ1n) is 11.6. The normalized spacial score (nSPS) is 18.6. The fraction of sp³-hybridized carbons (Fsp3) is 0.385. The van der Waals surface area contributed by atoms with Crippen LogP contribution < -0.4 is 5.32 Å². The first kappa shape index (κ1) is 24.9. The second-order valence-corrected chi connectivity index (χ2v) is 11.2. The van der Waals surface area contributed by atoms with Crippen LogP contribution in [0.15, 0.2) is 53.6 Å². The van der Waals surface area contributed by atoms with Gasteiger partial charge in [-0.25, -0.2) is 8.42 Å². The Morgan fingerprint density at radius 2 is 1.71 bits per heavy atom. The molecule has 3 aromatic rings. The molecule has 1 aliphatic rings. The molecule has 0 radical (unpaired) electrons. The molecule has 1 saturated heterocycles. The van der Waals surface area contributed by atoms with Gasteiger partial charge in [-0.2, -0.15) is 0 Å². The number of anilines is 1. The molecule has 1 aromatic heterocycles. The number of amides is 2. The van der Waals surface area contributed by atoms with E-state index < -0.39 is 21.5 Å². The summed E-state index contributed by atoms with van der Waals surface area (Å²) in [7, 11) is -3.96. The van der Waals surface area contributed by atoms with Crippen LogP contribution in [-0.4, -0.2) is 60.7 Å². The lowest BCUT2D eigenvalue weighted by atomic mass is 10.1. The third-order valence-electron chi connectivity index (χ3n) is 6.36. The van der Waals surface area contributed by atoms with Crippen LogP contribution in [0.2, 0.25) is 0 Å². The second-order valence-electron chi connectivity index (χ2n) is 9.25. The highest BCUT2D eigenvalue weighted by molar-refractivity contribution is 7.92. The molecule has 1 aliphatic heterocycles. The van der Waals surface area contributed by atoms with Crippen LogP contribution in [0.3, 0.4) is 0 Å². The fourth-order valence-corrected chi connectivity index (χ4v) is 5.91. The number of para-hydroxylation sites is 1. The summed E-state index contributed by atoms with van der Waals surface area (Å²) in [6, 6.07) is 12.5. The maximum Gasteiger partial charge on any atom is 0.242 e. The topological polar surface area (TPSA) is 97.7 Å². The molecule has 0 spiro atoms. The minimum atomic E-state index is -3.96. The Labute approximate surface area is 205 Å². The van der Waals surface area contributed by atoms with E-state index in [0.29, 0.717) is 29.7 Å². The van der Waals surface area contributed by atoms with Crippen molar-refractivity contribution in [1.29, 1.82) is 0 Å². The highest BCUT2D eigenvalue weighted by Crippen LogP contribution is 2.27. The van der Waals surface area contributed by atoms with Crippen LogP contribution >= 0.6 is 0 Å². The van der Waals surface area contributed by atoms with Gasteiger partial charge in [0.05, 0.1) is 17.1 Å². The SMILES string of the molecule is Cc1cccc(NC(=O)CS(=O)(=O)c2cn(CC(=O)N3CC(C)OC(C)C3)c3ccccc23)c1C. The van der Waals surface area contributed by atoms with E-state index in [2.05, 4.69) is 5.32 Å². The van der Waals surface area contributed by atoms with Crippen molar-refractivity contribution >= 4 is 38.2 Å². The minimum Gasteiger partial charge on any atom is -0.372 e. The van der Waals surface area contributed by atoms with E-state index in [1.165, 1.54) is 6.20 Å². The smallest absolute Gasteiger partial charge is 0.242 e. The van der Waals surface area contributed by atoms with E-state index in [1.54, 1.807) is 39.8 Å². The van der Waals surface area contributed by atoms with Crippen LogP contribution in [0, 0.1) is 13.8 Å². The third kappa shape index (κ3) is 5.41. The number of fused-ring (bicyclic) bond motifs is 1. The van der Waals surface area contributed by atoms with Gasteiger partial charge in [-0.3, -0.25) is 9.59 Å². The lowest BCUT2D eigenvalue weighted by Crippen LogP contribution is -2.49. The number of sulfone groups is 1. The average Bonchev–Trinajstić information content (AvgIpc) is 3.15. The van der Waals surface area contributed by atoms with Gasteiger partial charge in [-0.1, -0.05) is 30.3 Å². The molecule has 2 unspecified atom stereocenters. The number of carbonyl (C=O) groups excluding carboxylic acids is 2. The summed E-state index contributed by atoms with van der Waals surface area (Å²) in [6.45, 7) is 8.64. The summed E-state index contributed by atoms with van der Waals surface area (Å²) in [5, 5.41) is 3.21. The fourth-order valence-electron chi connectivity index (χ4n) is 4.54. The van der Waals surface area contributed by atoms with Crippen molar-refractivity contribution in [3.05, 3.63) is 59.8 Å². The maximum atomic E-state index is 13.3. The van der Waals surface area contributed by atoms with Crippen molar-refractivity contribution in [3.63, 3.8) is 0 Å². The number of aromatic nitrogens is 1. The van der Waals surface area contributed by atoms with Gasteiger partial charge in [0, 0.05) is 35.9 Å². The molecule has 4 rings (SSSR count). The van der Waals surface area contributed by atoms with Crippen LogP contribution in [0.5, 0.6) is 0 Å². The zero-order valence-corrected chi connectivity index (χ0v) is 21.3. The molecule has 0 aliphatic carbocycles. The highest BCUT2D eigenvalue weighted by Gasteiger charge is 2.28. The Bertz CT molecular complexity index is 1370. The van der Waals surface area contributed by atoms with Gasteiger partial charge in [0.15, 0.2) is 9.84 Å². The number of aryl methyl sites for hydroxylation is 1. The first-order valence-corrected chi connectivity index (χ1v) is 13.3. The van der Waals surface area contributed by atoms with Crippen LogP contribution in [0.1, 0.15) is 25.0 Å². The molecule has 1 fully saturated rings. The molecule has 8 nitrogen and oxygen atoms in total. The molecule has 35 heavy (non-hydrogen) atoms. The number of nitrogens with one attached hydrogen (secondary N) is 1.